The normalized spacial score (nSPS) is 9.81. The van der Waals surface area contributed by atoms with Crippen molar-refractivity contribution in [3.05, 3.63) is 29.8 Å². The van der Waals surface area contributed by atoms with Crippen LogP contribution in [-0.2, 0) is 4.74 Å². The van der Waals surface area contributed by atoms with Crippen molar-refractivity contribution in [3.63, 3.8) is 0 Å². The van der Waals surface area contributed by atoms with Crippen LogP contribution in [0.15, 0.2) is 24.3 Å². The molecule has 0 amide bonds. The number of methoxy groups -OCH3 is 1. The Bertz CT molecular complexity index is 409. The van der Waals surface area contributed by atoms with Crippen LogP contribution < -0.4 is 4.74 Å². The molecule has 0 saturated heterocycles. The SMILES string of the molecule is CC.CC.COC(=O)c1cccc(OC(F)(F)C(F)F)c1. The van der Waals surface area contributed by atoms with Gasteiger partial charge < -0.3 is 9.47 Å². The zero-order valence-corrected chi connectivity index (χ0v) is 12.6. The van der Waals surface area contributed by atoms with Gasteiger partial charge in [0.15, 0.2) is 0 Å². The Morgan fingerprint density at radius 1 is 1.14 bits per heavy atom. The van der Waals surface area contributed by atoms with Crippen molar-refractivity contribution in [1.29, 1.82) is 0 Å². The average Bonchev–Trinajstić information content (AvgIpc) is 2.50. The number of esters is 1. The van der Waals surface area contributed by atoms with E-state index in [1.54, 1.807) is 0 Å². The van der Waals surface area contributed by atoms with Crippen LogP contribution in [-0.4, -0.2) is 25.6 Å². The van der Waals surface area contributed by atoms with Crippen molar-refractivity contribution in [1.82, 2.24) is 0 Å². The summed E-state index contributed by atoms with van der Waals surface area (Å²) in [4.78, 5) is 11.1. The Kier molecular flexibility index (Phi) is 11.2. The summed E-state index contributed by atoms with van der Waals surface area (Å²) in [5.74, 6) is -1.32. The minimum atomic E-state index is -4.60. The fourth-order valence-corrected chi connectivity index (χ4v) is 1.01. The van der Waals surface area contributed by atoms with Gasteiger partial charge in [-0.25, -0.2) is 4.79 Å². The molecule has 0 aliphatic rings. The largest absolute Gasteiger partial charge is 0.465 e. The summed E-state index contributed by atoms with van der Waals surface area (Å²) in [6, 6.07) is 4.41. The van der Waals surface area contributed by atoms with Crippen molar-refractivity contribution in [3.8, 4) is 5.75 Å². The number of carbonyl (C=O) groups is 1. The van der Waals surface area contributed by atoms with Crippen LogP contribution in [0.25, 0.3) is 0 Å². The van der Waals surface area contributed by atoms with E-state index in [0.717, 1.165) is 19.2 Å². The Hall–Kier alpha value is -1.79. The molecule has 0 aliphatic heterocycles. The Morgan fingerprint density at radius 3 is 2.10 bits per heavy atom. The molecule has 0 N–H and O–H groups in total. The molecule has 1 aromatic rings. The molecular formula is C14H20F4O3. The van der Waals surface area contributed by atoms with E-state index >= 15 is 0 Å². The number of rotatable bonds is 4. The third-order valence-electron chi connectivity index (χ3n) is 1.76. The second kappa shape index (κ2) is 10.9. The molecule has 3 nitrogen and oxygen atoms in total. The van der Waals surface area contributed by atoms with Crippen LogP contribution in [0.3, 0.4) is 0 Å². The Balaban J connectivity index is 0. The van der Waals surface area contributed by atoms with Crippen LogP contribution >= 0.6 is 0 Å². The maximum absolute atomic E-state index is 12.6. The molecule has 1 aromatic carbocycles. The van der Waals surface area contributed by atoms with E-state index in [1.807, 2.05) is 27.7 Å². The van der Waals surface area contributed by atoms with Gasteiger partial charge >= 0.3 is 18.5 Å². The van der Waals surface area contributed by atoms with E-state index in [9.17, 15) is 22.4 Å². The molecule has 7 heteroatoms. The second-order valence-corrected chi connectivity index (χ2v) is 2.98. The van der Waals surface area contributed by atoms with E-state index in [2.05, 4.69) is 9.47 Å². The molecule has 0 radical (unpaired) electrons. The number of benzene rings is 1. The summed E-state index contributed by atoms with van der Waals surface area (Å²) in [5, 5.41) is 0. The van der Waals surface area contributed by atoms with Crippen molar-refractivity contribution < 1.29 is 31.8 Å². The lowest BCUT2D eigenvalue weighted by Crippen LogP contribution is -2.33. The highest BCUT2D eigenvalue weighted by Crippen LogP contribution is 2.27. The van der Waals surface area contributed by atoms with Crippen LogP contribution in [0.2, 0.25) is 0 Å². The summed E-state index contributed by atoms with van der Waals surface area (Å²) in [6.45, 7) is 8.00. The van der Waals surface area contributed by atoms with Crippen molar-refractivity contribution in [2.24, 2.45) is 0 Å². The predicted molar refractivity (Wildman–Crippen MR) is 72.1 cm³/mol. The van der Waals surface area contributed by atoms with Crippen LogP contribution in [0.1, 0.15) is 38.1 Å². The minimum Gasteiger partial charge on any atom is -0.465 e. The van der Waals surface area contributed by atoms with Crippen molar-refractivity contribution >= 4 is 5.97 Å². The zero-order valence-electron chi connectivity index (χ0n) is 12.6. The first-order valence-electron chi connectivity index (χ1n) is 6.40. The van der Waals surface area contributed by atoms with Gasteiger partial charge in [0.2, 0.25) is 0 Å². The molecule has 0 heterocycles. The summed E-state index contributed by atoms with van der Waals surface area (Å²) >= 11 is 0. The Labute approximate surface area is 121 Å². The molecule has 0 aliphatic carbocycles. The lowest BCUT2D eigenvalue weighted by atomic mass is 10.2. The van der Waals surface area contributed by atoms with Crippen molar-refractivity contribution in [2.45, 2.75) is 40.2 Å². The summed E-state index contributed by atoms with van der Waals surface area (Å²) in [6.07, 6.45) is -8.56. The van der Waals surface area contributed by atoms with Crippen LogP contribution in [0, 0.1) is 0 Å². The number of hydrogen-bond acceptors (Lipinski definition) is 3. The maximum atomic E-state index is 12.6. The molecule has 0 spiro atoms. The summed E-state index contributed by atoms with van der Waals surface area (Å²) < 4.78 is 57.0. The highest BCUT2D eigenvalue weighted by Gasteiger charge is 2.44. The van der Waals surface area contributed by atoms with Gasteiger partial charge in [0.1, 0.15) is 5.75 Å². The van der Waals surface area contributed by atoms with Crippen LogP contribution in [0.5, 0.6) is 5.75 Å². The van der Waals surface area contributed by atoms with Gasteiger partial charge in [0, 0.05) is 0 Å². The molecule has 0 unspecified atom stereocenters. The molecule has 0 bridgehead atoms. The van der Waals surface area contributed by atoms with E-state index in [0.29, 0.717) is 0 Å². The van der Waals surface area contributed by atoms with E-state index in [4.69, 9.17) is 0 Å². The molecule has 0 saturated carbocycles. The van der Waals surface area contributed by atoms with Gasteiger partial charge in [0.25, 0.3) is 0 Å². The van der Waals surface area contributed by atoms with E-state index in [1.165, 1.54) is 12.1 Å². The fraction of sp³-hybridized carbons (Fsp3) is 0.500. The highest BCUT2D eigenvalue weighted by molar-refractivity contribution is 5.89. The molecule has 0 atom stereocenters. The van der Waals surface area contributed by atoms with Gasteiger partial charge in [-0.1, -0.05) is 33.8 Å². The fourth-order valence-electron chi connectivity index (χ4n) is 1.01. The molecule has 1 rings (SSSR count). The zero-order chi connectivity index (χ0) is 17.1. The first-order valence-corrected chi connectivity index (χ1v) is 6.40. The number of carbonyl (C=O) groups excluding carboxylic acids is 1. The monoisotopic (exact) mass is 312 g/mol. The van der Waals surface area contributed by atoms with Crippen molar-refractivity contribution in [2.75, 3.05) is 7.11 Å². The van der Waals surface area contributed by atoms with Crippen LogP contribution in [0.4, 0.5) is 17.6 Å². The van der Waals surface area contributed by atoms with Gasteiger partial charge in [-0.15, -0.1) is 0 Å². The lowest BCUT2D eigenvalue weighted by Gasteiger charge is -2.16. The summed E-state index contributed by atoms with van der Waals surface area (Å²) in [7, 11) is 1.10. The second-order valence-electron chi connectivity index (χ2n) is 2.98. The smallest absolute Gasteiger partial charge is 0.461 e. The van der Waals surface area contributed by atoms with Gasteiger partial charge in [-0.2, -0.15) is 17.6 Å². The third kappa shape index (κ3) is 7.53. The molecule has 21 heavy (non-hydrogen) atoms. The lowest BCUT2D eigenvalue weighted by molar-refractivity contribution is -0.253. The quantitative estimate of drug-likeness (QED) is 0.594. The topological polar surface area (TPSA) is 35.5 Å². The molecule has 0 fully saturated rings. The molecule has 122 valence electrons. The predicted octanol–water partition coefficient (Wildman–Crippen LogP) is 4.76. The molecular weight excluding hydrogens is 292 g/mol. The number of alkyl halides is 4. The summed E-state index contributed by atoms with van der Waals surface area (Å²) in [5.41, 5.74) is -0.0740. The highest BCUT2D eigenvalue weighted by atomic mass is 19.3. The average molecular weight is 312 g/mol. The Morgan fingerprint density at radius 2 is 1.67 bits per heavy atom. The van der Waals surface area contributed by atoms with E-state index < -0.39 is 24.3 Å². The third-order valence-corrected chi connectivity index (χ3v) is 1.76. The minimum absolute atomic E-state index is 0.0740. The van der Waals surface area contributed by atoms with Gasteiger partial charge in [0.05, 0.1) is 12.7 Å². The van der Waals surface area contributed by atoms with Gasteiger partial charge in [-0.05, 0) is 18.2 Å². The van der Waals surface area contributed by atoms with E-state index in [-0.39, 0.29) is 5.56 Å². The molecule has 0 aromatic heterocycles. The number of halogens is 4. The van der Waals surface area contributed by atoms with Gasteiger partial charge in [-0.3, -0.25) is 0 Å². The number of hydrogen-bond donors (Lipinski definition) is 0. The first kappa shape index (κ1) is 21.5. The maximum Gasteiger partial charge on any atom is 0.461 e. The standard InChI is InChI=1S/C10H8F4O3.2C2H6/c1-16-8(15)6-3-2-4-7(5-6)17-10(13,14)9(11)12;2*1-2/h2-5,9H,1H3;2*1-2H3. The number of ether oxygens (including phenoxy) is 2. The first-order chi connectivity index (χ1) is 9.86.